The van der Waals surface area contributed by atoms with Crippen LogP contribution in [0.1, 0.15) is 20.3 Å². The maximum atomic E-state index is 4.52. The molecule has 0 aromatic rings. The highest BCUT2D eigenvalue weighted by atomic mass is 33.1. The third-order valence-electron chi connectivity index (χ3n) is 3.38. The van der Waals surface area contributed by atoms with Crippen LogP contribution >= 0.6 is 35.1 Å². The molecule has 5 heteroatoms. The lowest BCUT2D eigenvalue weighted by Gasteiger charge is -2.58. The molecular weight excluding hydrogens is 232 g/mol. The van der Waals surface area contributed by atoms with Gasteiger partial charge in [-0.25, -0.2) is 0 Å². The van der Waals surface area contributed by atoms with E-state index in [1.165, 1.54) is 19.5 Å². The first-order chi connectivity index (χ1) is 6.63. The first kappa shape index (κ1) is 11.5. The molecule has 0 aromatic carbocycles. The molecule has 0 radical (unpaired) electrons. The fraction of sp³-hybridized carbons (Fsp3) is 1.00. The van der Waals surface area contributed by atoms with Crippen LogP contribution in [0.4, 0.5) is 0 Å². The van der Waals surface area contributed by atoms with Crippen molar-refractivity contribution in [3.63, 3.8) is 0 Å². The van der Waals surface area contributed by atoms with Gasteiger partial charge in [0, 0.05) is 25.2 Å². The Morgan fingerprint density at radius 2 is 1.86 bits per heavy atom. The Morgan fingerprint density at radius 1 is 1.29 bits per heavy atom. The number of rotatable bonds is 3. The maximum Gasteiger partial charge on any atom is 0.0631 e. The van der Waals surface area contributed by atoms with Crippen molar-refractivity contribution >= 4 is 35.1 Å². The van der Waals surface area contributed by atoms with E-state index in [-0.39, 0.29) is 0 Å². The molecule has 3 fully saturated rings. The van der Waals surface area contributed by atoms with E-state index in [1.54, 1.807) is 10.8 Å². The average molecular weight is 250 g/mol. The lowest BCUT2D eigenvalue weighted by Crippen LogP contribution is -2.70. The predicted molar refractivity (Wildman–Crippen MR) is 70.1 cm³/mol. The molecule has 2 nitrogen and oxygen atoms in total. The molecule has 3 rings (SSSR count). The fourth-order valence-corrected chi connectivity index (χ4v) is 3.73. The van der Waals surface area contributed by atoms with Crippen molar-refractivity contribution in [3.8, 4) is 0 Å². The van der Waals surface area contributed by atoms with Gasteiger partial charge in [-0.15, -0.1) is 11.7 Å². The molecule has 0 saturated carbocycles. The van der Waals surface area contributed by atoms with Gasteiger partial charge in [0.2, 0.25) is 0 Å². The Balaban J connectivity index is 1.91. The van der Waals surface area contributed by atoms with Crippen molar-refractivity contribution < 1.29 is 0 Å². The van der Waals surface area contributed by atoms with E-state index in [2.05, 4.69) is 47.9 Å². The van der Waals surface area contributed by atoms with Crippen LogP contribution in [0, 0.1) is 0 Å². The van der Waals surface area contributed by atoms with Crippen LogP contribution in [0.15, 0.2) is 0 Å². The molecule has 0 N–H and O–H groups in total. The minimum absolute atomic E-state index is 0.417. The summed E-state index contributed by atoms with van der Waals surface area (Å²) in [7, 11) is 1.65. The zero-order valence-electron chi connectivity index (χ0n) is 8.63. The second-order valence-corrected chi connectivity index (χ2v) is 6.55. The molecule has 0 aliphatic carbocycles. The number of hydrogen-bond donors (Lipinski definition) is 2. The van der Waals surface area contributed by atoms with E-state index in [4.69, 9.17) is 0 Å². The average Bonchev–Trinajstić information content (AvgIpc) is 2.15. The van der Waals surface area contributed by atoms with Crippen LogP contribution in [0.3, 0.4) is 0 Å². The van der Waals surface area contributed by atoms with E-state index in [0.29, 0.717) is 10.7 Å². The highest BCUT2D eigenvalue weighted by molar-refractivity contribution is 8.68. The van der Waals surface area contributed by atoms with Gasteiger partial charge < -0.3 is 0 Å². The van der Waals surface area contributed by atoms with Crippen molar-refractivity contribution in [1.82, 2.24) is 9.80 Å². The highest BCUT2D eigenvalue weighted by Gasteiger charge is 2.46. The SMILES string of the molecule is CC(SS)N1CC2CC(C1)N2[C@@H](C)S. The van der Waals surface area contributed by atoms with E-state index in [9.17, 15) is 0 Å². The van der Waals surface area contributed by atoms with Gasteiger partial charge in [-0.05, 0) is 20.3 Å². The van der Waals surface area contributed by atoms with Crippen molar-refractivity contribution in [2.45, 2.75) is 43.1 Å². The number of hydrogen-bond acceptors (Lipinski definition) is 5. The maximum absolute atomic E-state index is 4.52. The highest BCUT2D eigenvalue weighted by Crippen LogP contribution is 2.37. The van der Waals surface area contributed by atoms with Gasteiger partial charge >= 0.3 is 0 Å². The van der Waals surface area contributed by atoms with Crippen LogP contribution in [0.5, 0.6) is 0 Å². The predicted octanol–water partition coefficient (Wildman–Crippen LogP) is 1.94. The minimum atomic E-state index is 0.417. The van der Waals surface area contributed by atoms with Crippen LogP contribution in [0.25, 0.3) is 0 Å². The van der Waals surface area contributed by atoms with Crippen molar-refractivity contribution in [2.75, 3.05) is 13.1 Å². The standard InChI is InChI=1S/C9H18N2S3/c1-6(12)11-8-3-9(11)5-10(4-8)7(2)14-13/h6-9,12-13H,3-5H2,1-2H3/t6-,7?,8?,9?/m1/s1. The molecule has 4 atom stereocenters. The Kier molecular flexibility index (Phi) is 3.64. The topological polar surface area (TPSA) is 6.48 Å². The Labute approximate surface area is 101 Å². The van der Waals surface area contributed by atoms with Crippen LogP contribution in [0.2, 0.25) is 0 Å². The summed E-state index contributed by atoms with van der Waals surface area (Å²) in [6.07, 6.45) is 1.37. The summed E-state index contributed by atoms with van der Waals surface area (Å²) in [5.74, 6) is 0. The lowest BCUT2D eigenvalue weighted by atomic mass is 9.87. The van der Waals surface area contributed by atoms with Crippen molar-refractivity contribution in [1.29, 1.82) is 0 Å². The first-order valence-corrected chi connectivity index (χ1v) is 7.58. The molecule has 3 aliphatic heterocycles. The summed E-state index contributed by atoms with van der Waals surface area (Å²) >= 11 is 8.80. The Bertz CT molecular complexity index is 200. The molecule has 3 unspecified atom stereocenters. The van der Waals surface area contributed by atoms with E-state index >= 15 is 0 Å². The number of fused-ring (bicyclic) bond motifs is 2. The third kappa shape index (κ3) is 1.94. The van der Waals surface area contributed by atoms with E-state index in [0.717, 1.165) is 12.1 Å². The largest absolute Gasteiger partial charge is 0.288 e. The minimum Gasteiger partial charge on any atom is -0.288 e. The van der Waals surface area contributed by atoms with E-state index < -0.39 is 0 Å². The first-order valence-electron chi connectivity index (χ1n) is 5.13. The van der Waals surface area contributed by atoms with Crippen molar-refractivity contribution in [2.24, 2.45) is 0 Å². The molecule has 0 aromatic heterocycles. The second kappa shape index (κ2) is 4.45. The molecular formula is C9H18N2S3. The van der Waals surface area contributed by atoms with Crippen LogP contribution < -0.4 is 0 Å². The fourth-order valence-electron chi connectivity index (χ4n) is 2.64. The molecule has 2 bridgehead atoms. The molecule has 0 spiro atoms. The number of piperidine rings is 1. The quantitative estimate of drug-likeness (QED) is 0.584. The second-order valence-electron chi connectivity index (χ2n) is 4.28. The Morgan fingerprint density at radius 3 is 2.29 bits per heavy atom. The van der Waals surface area contributed by atoms with Gasteiger partial charge in [0.05, 0.1) is 10.7 Å². The number of thiol groups is 2. The van der Waals surface area contributed by atoms with Gasteiger partial charge in [0.1, 0.15) is 0 Å². The molecule has 3 heterocycles. The Hall–Kier alpha value is 0.970. The number of nitrogens with zero attached hydrogens (tertiary/aromatic N) is 2. The summed E-state index contributed by atoms with van der Waals surface area (Å²) in [5.41, 5.74) is 0. The van der Waals surface area contributed by atoms with Crippen LogP contribution in [-0.2, 0) is 0 Å². The summed E-state index contributed by atoms with van der Waals surface area (Å²) in [4.78, 5) is 5.07. The molecule has 14 heavy (non-hydrogen) atoms. The molecule has 82 valence electrons. The third-order valence-corrected chi connectivity index (χ3v) is 5.16. The zero-order valence-corrected chi connectivity index (χ0v) is 11.2. The summed E-state index contributed by atoms with van der Waals surface area (Å²) in [5, 5.41) is 0.959. The molecule has 0 amide bonds. The normalized spacial score (nSPS) is 37.7. The van der Waals surface area contributed by atoms with Gasteiger partial charge in [0.25, 0.3) is 0 Å². The monoisotopic (exact) mass is 250 g/mol. The summed E-state index contributed by atoms with van der Waals surface area (Å²) < 4.78 is 0. The molecule has 3 saturated heterocycles. The zero-order chi connectivity index (χ0) is 10.3. The van der Waals surface area contributed by atoms with Gasteiger partial charge in [0.15, 0.2) is 0 Å². The summed E-state index contributed by atoms with van der Waals surface area (Å²) in [6.45, 7) is 6.79. The van der Waals surface area contributed by atoms with Gasteiger partial charge in [-0.2, -0.15) is 12.6 Å². The summed E-state index contributed by atoms with van der Waals surface area (Å²) in [6, 6.07) is 1.48. The lowest BCUT2D eigenvalue weighted by molar-refractivity contribution is -0.0743. The smallest absolute Gasteiger partial charge is 0.0631 e. The number of piperazine rings is 1. The molecule has 3 aliphatic rings. The van der Waals surface area contributed by atoms with Crippen LogP contribution in [-0.4, -0.2) is 45.7 Å². The van der Waals surface area contributed by atoms with Crippen molar-refractivity contribution in [3.05, 3.63) is 0 Å². The van der Waals surface area contributed by atoms with Gasteiger partial charge in [-0.1, -0.05) is 10.8 Å². The van der Waals surface area contributed by atoms with Gasteiger partial charge in [-0.3, -0.25) is 9.80 Å². The van der Waals surface area contributed by atoms with E-state index in [1.807, 2.05) is 0 Å².